The summed E-state index contributed by atoms with van der Waals surface area (Å²) in [6, 6.07) is 20.8. The standard InChI is InChI=1S/C26H22FN7OS/c1-15-12-23(34-33-15)31-24-19-4-2-3-5-21(19)30-26(32-24)36-14-16-6-8-17(9-7-16)25(35)29-22-11-10-18(27)13-20(22)28/h2-13H,14,28H2,1H3,(H,29,35)(H2,30,31,32,33,34). The molecule has 0 aliphatic rings. The summed E-state index contributed by atoms with van der Waals surface area (Å²) in [6.45, 7) is 1.94. The van der Waals surface area contributed by atoms with Gasteiger partial charge >= 0.3 is 0 Å². The minimum absolute atomic E-state index is 0.169. The van der Waals surface area contributed by atoms with E-state index in [0.717, 1.165) is 22.2 Å². The molecule has 0 fully saturated rings. The third kappa shape index (κ3) is 5.28. The summed E-state index contributed by atoms with van der Waals surface area (Å²) in [5.41, 5.74) is 9.56. The zero-order valence-electron chi connectivity index (χ0n) is 19.2. The number of nitrogen functional groups attached to an aromatic ring is 1. The van der Waals surface area contributed by atoms with Gasteiger partial charge in [0.05, 0.1) is 16.9 Å². The van der Waals surface area contributed by atoms with Crippen LogP contribution in [0.4, 0.5) is 27.4 Å². The van der Waals surface area contributed by atoms with E-state index >= 15 is 0 Å². The van der Waals surface area contributed by atoms with Crippen LogP contribution in [0.1, 0.15) is 21.6 Å². The van der Waals surface area contributed by atoms with Crippen LogP contribution in [0.2, 0.25) is 0 Å². The SMILES string of the molecule is Cc1cc(Nc2nc(SCc3ccc(C(=O)Nc4ccc(F)cc4N)cc3)nc3ccccc23)n[nH]1. The summed E-state index contributed by atoms with van der Waals surface area (Å²) < 4.78 is 13.2. The minimum atomic E-state index is -0.457. The average molecular weight is 500 g/mol. The summed E-state index contributed by atoms with van der Waals surface area (Å²) in [4.78, 5) is 22.0. The van der Waals surface area contributed by atoms with E-state index in [0.29, 0.717) is 33.8 Å². The smallest absolute Gasteiger partial charge is 0.255 e. The number of benzene rings is 3. The van der Waals surface area contributed by atoms with Crippen LogP contribution < -0.4 is 16.4 Å². The largest absolute Gasteiger partial charge is 0.397 e. The number of amides is 1. The van der Waals surface area contributed by atoms with E-state index in [2.05, 4.69) is 25.8 Å². The molecule has 0 saturated heterocycles. The number of hydrogen-bond donors (Lipinski definition) is 4. The van der Waals surface area contributed by atoms with Crippen LogP contribution in [-0.4, -0.2) is 26.1 Å². The minimum Gasteiger partial charge on any atom is -0.397 e. The van der Waals surface area contributed by atoms with Gasteiger partial charge in [-0.05, 0) is 55.0 Å². The van der Waals surface area contributed by atoms with Crippen molar-refractivity contribution in [2.24, 2.45) is 0 Å². The normalized spacial score (nSPS) is 10.9. The number of halogens is 1. The molecular formula is C26H22FN7OS. The number of fused-ring (bicyclic) bond motifs is 1. The van der Waals surface area contributed by atoms with E-state index < -0.39 is 5.82 Å². The van der Waals surface area contributed by atoms with Gasteiger partial charge in [0.25, 0.3) is 5.91 Å². The number of nitrogens with one attached hydrogen (secondary N) is 3. The molecule has 10 heteroatoms. The Bertz CT molecular complexity index is 1550. The first-order chi connectivity index (χ1) is 17.4. The molecule has 1 amide bonds. The zero-order valence-corrected chi connectivity index (χ0v) is 20.1. The lowest BCUT2D eigenvalue weighted by Gasteiger charge is -2.10. The van der Waals surface area contributed by atoms with Crippen molar-refractivity contribution < 1.29 is 9.18 Å². The Morgan fingerprint density at radius 3 is 2.61 bits per heavy atom. The molecular weight excluding hydrogens is 477 g/mol. The van der Waals surface area contributed by atoms with Crippen molar-refractivity contribution in [3.8, 4) is 0 Å². The molecule has 0 aliphatic heterocycles. The van der Waals surface area contributed by atoms with Gasteiger partial charge in [-0.1, -0.05) is 36.0 Å². The second kappa shape index (κ2) is 10.0. The molecule has 8 nitrogen and oxygen atoms in total. The van der Waals surface area contributed by atoms with Crippen LogP contribution in [0.25, 0.3) is 10.9 Å². The van der Waals surface area contributed by atoms with Crippen LogP contribution >= 0.6 is 11.8 Å². The molecule has 0 spiro atoms. The Hall–Kier alpha value is -4.44. The predicted octanol–water partition coefficient (Wildman–Crippen LogP) is 5.67. The van der Waals surface area contributed by atoms with Crippen molar-refractivity contribution in [2.45, 2.75) is 17.8 Å². The first-order valence-electron chi connectivity index (χ1n) is 11.1. The Kier molecular flexibility index (Phi) is 6.50. The van der Waals surface area contributed by atoms with Crippen LogP contribution in [-0.2, 0) is 5.75 Å². The fraction of sp³-hybridized carbons (Fsp3) is 0.0769. The molecule has 0 bridgehead atoms. The highest BCUT2D eigenvalue weighted by Gasteiger charge is 2.12. The van der Waals surface area contributed by atoms with Gasteiger partial charge in [-0.25, -0.2) is 14.4 Å². The highest BCUT2D eigenvalue weighted by molar-refractivity contribution is 7.98. The van der Waals surface area contributed by atoms with E-state index in [-0.39, 0.29) is 11.6 Å². The summed E-state index contributed by atoms with van der Waals surface area (Å²) in [5, 5.41) is 14.7. The van der Waals surface area contributed by atoms with E-state index in [1.807, 2.05) is 49.4 Å². The summed E-state index contributed by atoms with van der Waals surface area (Å²) in [5.74, 6) is 1.20. The van der Waals surface area contributed by atoms with Gasteiger partial charge in [0.1, 0.15) is 11.6 Å². The number of carbonyl (C=O) groups excluding carboxylic acids is 1. The predicted molar refractivity (Wildman–Crippen MR) is 141 cm³/mol. The third-order valence-corrected chi connectivity index (χ3v) is 6.30. The second-order valence-electron chi connectivity index (χ2n) is 8.10. The third-order valence-electron chi connectivity index (χ3n) is 5.38. The fourth-order valence-electron chi connectivity index (χ4n) is 3.56. The van der Waals surface area contributed by atoms with E-state index in [4.69, 9.17) is 10.7 Å². The number of para-hydroxylation sites is 1. The quantitative estimate of drug-likeness (QED) is 0.129. The van der Waals surface area contributed by atoms with Gasteiger partial charge < -0.3 is 16.4 Å². The highest BCUT2D eigenvalue weighted by Crippen LogP contribution is 2.28. The van der Waals surface area contributed by atoms with Crippen LogP contribution in [0.15, 0.2) is 78.0 Å². The van der Waals surface area contributed by atoms with Gasteiger partial charge in [0, 0.05) is 28.5 Å². The molecule has 0 unspecified atom stereocenters. The van der Waals surface area contributed by atoms with Crippen molar-refractivity contribution in [3.63, 3.8) is 0 Å². The lowest BCUT2D eigenvalue weighted by molar-refractivity contribution is 0.102. The topological polar surface area (TPSA) is 122 Å². The number of nitrogens with zero attached hydrogens (tertiary/aromatic N) is 3. The molecule has 0 aliphatic carbocycles. The number of carbonyl (C=O) groups is 1. The number of hydrogen-bond acceptors (Lipinski definition) is 7. The van der Waals surface area contributed by atoms with Crippen molar-refractivity contribution >= 4 is 51.6 Å². The first-order valence-corrected chi connectivity index (χ1v) is 12.1. The number of rotatable bonds is 7. The van der Waals surface area contributed by atoms with Crippen molar-refractivity contribution in [1.82, 2.24) is 20.2 Å². The lowest BCUT2D eigenvalue weighted by atomic mass is 10.1. The van der Waals surface area contributed by atoms with Gasteiger partial charge in [-0.2, -0.15) is 5.10 Å². The molecule has 0 saturated carbocycles. The van der Waals surface area contributed by atoms with E-state index in [1.54, 1.807) is 12.1 Å². The van der Waals surface area contributed by atoms with Gasteiger partial charge in [-0.15, -0.1) is 0 Å². The second-order valence-corrected chi connectivity index (χ2v) is 9.05. The number of aromatic nitrogens is 4. The van der Waals surface area contributed by atoms with Gasteiger partial charge in [0.15, 0.2) is 11.0 Å². The fourth-order valence-corrected chi connectivity index (χ4v) is 4.37. The number of aryl methyl sites for hydroxylation is 1. The Morgan fingerprint density at radius 1 is 1.06 bits per heavy atom. The van der Waals surface area contributed by atoms with Crippen LogP contribution in [0.3, 0.4) is 0 Å². The van der Waals surface area contributed by atoms with Crippen molar-refractivity contribution in [1.29, 1.82) is 0 Å². The lowest BCUT2D eigenvalue weighted by Crippen LogP contribution is -2.13. The molecule has 5 aromatic rings. The van der Waals surface area contributed by atoms with Crippen molar-refractivity contribution in [2.75, 3.05) is 16.4 Å². The van der Waals surface area contributed by atoms with E-state index in [1.165, 1.54) is 30.0 Å². The van der Waals surface area contributed by atoms with Gasteiger partial charge in [-0.3, -0.25) is 9.89 Å². The van der Waals surface area contributed by atoms with Crippen LogP contribution in [0, 0.1) is 12.7 Å². The van der Waals surface area contributed by atoms with Gasteiger partial charge in [0.2, 0.25) is 0 Å². The van der Waals surface area contributed by atoms with Crippen LogP contribution in [0.5, 0.6) is 0 Å². The van der Waals surface area contributed by atoms with Crippen molar-refractivity contribution in [3.05, 3.63) is 95.4 Å². The van der Waals surface area contributed by atoms with E-state index in [9.17, 15) is 9.18 Å². The number of anilines is 4. The maximum Gasteiger partial charge on any atom is 0.255 e. The molecule has 180 valence electrons. The Morgan fingerprint density at radius 2 is 1.86 bits per heavy atom. The summed E-state index contributed by atoms with van der Waals surface area (Å²) in [6.07, 6.45) is 0. The monoisotopic (exact) mass is 499 g/mol. The maximum atomic E-state index is 13.2. The summed E-state index contributed by atoms with van der Waals surface area (Å²) in [7, 11) is 0. The molecule has 2 aromatic heterocycles. The Labute approximate surface area is 210 Å². The average Bonchev–Trinajstić information content (AvgIpc) is 3.29. The molecule has 0 radical (unpaired) electrons. The first kappa shape index (κ1) is 23.3. The summed E-state index contributed by atoms with van der Waals surface area (Å²) >= 11 is 1.50. The highest BCUT2D eigenvalue weighted by atomic mass is 32.2. The number of H-pyrrole nitrogens is 1. The number of aromatic amines is 1. The zero-order chi connectivity index (χ0) is 25.1. The molecule has 2 heterocycles. The number of thioether (sulfide) groups is 1. The molecule has 5 N–H and O–H groups in total. The molecule has 36 heavy (non-hydrogen) atoms. The molecule has 3 aromatic carbocycles. The number of nitrogens with two attached hydrogens (primary N) is 1. The molecule has 5 rings (SSSR count). The maximum absolute atomic E-state index is 13.2. The molecule has 0 atom stereocenters. The Balaban J connectivity index is 1.28.